The number of aliphatic carboxylic acids is 1. The lowest BCUT2D eigenvalue weighted by atomic mass is 10.2. The second-order valence-electron chi connectivity index (χ2n) is 3.11. The molecule has 1 amide bonds. The lowest BCUT2D eigenvalue weighted by Gasteiger charge is -2.22. The Kier molecular flexibility index (Phi) is 3.79. The first-order valence-electron chi connectivity index (χ1n) is 4.30. The third-order valence-corrected chi connectivity index (χ3v) is 2.31. The number of likely N-dealkylation sites (N-methyl/N-ethyl adjacent to an activating group) is 1. The van der Waals surface area contributed by atoms with E-state index in [1.807, 2.05) is 0 Å². The second-order valence-corrected chi connectivity index (χ2v) is 3.62. The molecular formula is C9H12N2O3S. The van der Waals surface area contributed by atoms with E-state index in [0.717, 1.165) is 4.90 Å². The molecule has 5 nitrogen and oxygen atoms in total. The van der Waals surface area contributed by atoms with Crippen molar-refractivity contribution in [1.29, 1.82) is 0 Å². The molecule has 0 aromatic carbocycles. The van der Waals surface area contributed by atoms with Crippen LogP contribution in [0.4, 0.5) is 0 Å². The number of hydrogen-bond donors (Lipinski definition) is 3. The monoisotopic (exact) mass is 228 g/mol. The van der Waals surface area contributed by atoms with E-state index in [9.17, 15) is 9.59 Å². The first-order chi connectivity index (χ1) is 7.02. The highest BCUT2D eigenvalue weighted by atomic mass is 32.1. The van der Waals surface area contributed by atoms with Crippen LogP contribution in [0.25, 0.3) is 0 Å². The van der Waals surface area contributed by atoms with Gasteiger partial charge in [-0.25, -0.2) is 0 Å². The van der Waals surface area contributed by atoms with Crippen LogP contribution in [-0.4, -0.2) is 40.8 Å². The summed E-state index contributed by atoms with van der Waals surface area (Å²) in [5.41, 5.74) is 0.435. The van der Waals surface area contributed by atoms with Gasteiger partial charge in [0.2, 0.25) is 0 Å². The summed E-state index contributed by atoms with van der Waals surface area (Å²) in [4.78, 5) is 23.3. The maximum atomic E-state index is 11.7. The number of allylic oxidation sites excluding steroid dienone is 2. The zero-order valence-corrected chi connectivity index (χ0v) is 9.07. The Morgan fingerprint density at radius 3 is 2.87 bits per heavy atom. The molecular weight excluding hydrogens is 216 g/mol. The molecule has 0 fully saturated rings. The van der Waals surface area contributed by atoms with Crippen molar-refractivity contribution in [2.24, 2.45) is 0 Å². The largest absolute Gasteiger partial charge is 0.480 e. The summed E-state index contributed by atoms with van der Waals surface area (Å²) in [5, 5.41) is 11.0. The molecule has 15 heavy (non-hydrogen) atoms. The van der Waals surface area contributed by atoms with E-state index >= 15 is 0 Å². The van der Waals surface area contributed by atoms with Gasteiger partial charge >= 0.3 is 5.97 Å². The Morgan fingerprint density at radius 2 is 2.33 bits per heavy atom. The Bertz CT molecular complexity index is 338. The van der Waals surface area contributed by atoms with Gasteiger partial charge in [0.15, 0.2) is 0 Å². The second kappa shape index (κ2) is 4.88. The van der Waals surface area contributed by atoms with E-state index in [4.69, 9.17) is 5.11 Å². The van der Waals surface area contributed by atoms with Crippen LogP contribution in [0.2, 0.25) is 0 Å². The number of hydrogen-bond acceptors (Lipinski definition) is 4. The molecule has 0 spiro atoms. The lowest BCUT2D eigenvalue weighted by molar-refractivity contribution is -0.142. The Labute approximate surface area is 92.9 Å². The highest BCUT2D eigenvalue weighted by Crippen LogP contribution is 2.13. The van der Waals surface area contributed by atoms with Crippen molar-refractivity contribution in [3.05, 3.63) is 23.9 Å². The molecule has 1 aliphatic rings. The first kappa shape index (κ1) is 11.6. The standard InChI is InChI=1S/C9H12N2O3S/c1-11(5-7(12)13)9(14)6-3-2-4-10-8(6)15/h2-4,8,10,15H,5H2,1H3,(H,12,13). The average molecular weight is 228 g/mol. The van der Waals surface area contributed by atoms with E-state index in [2.05, 4.69) is 17.9 Å². The van der Waals surface area contributed by atoms with Crippen molar-refractivity contribution in [2.75, 3.05) is 13.6 Å². The third-order valence-electron chi connectivity index (χ3n) is 1.89. The molecule has 1 heterocycles. The van der Waals surface area contributed by atoms with Gasteiger partial charge in [0.1, 0.15) is 11.9 Å². The van der Waals surface area contributed by atoms with Gasteiger partial charge in [0, 0.05) is 12.6 Å². The van der Waals surface area contributed by atoms with Crippen LogP contribution in [-0.2, 0) is 9.59 Å². The van der Waals surface area contributed by atoms with E-state index in [0.29, 0.717) is 5.57 Å². The number of carbonyl (C=O) groups is 2. The van der Waals surface area contributed by atoms with Gasteiger partial charge in [-0.1, -0.05) is 0 Å². The fourth-order valence-electron chi connectivity index (χ4n) is 1.16. The minimum absolute atomic E-state index is 0.319. The number of nitrogens with zero attached hydrogens (tertiary/aromatic N) is 1. The first-order valence-corrected chi connectivity index (χ1v) is 4.82. The van der Waals surface area contributed by atoms with Crippen molar-refractivity contribution in [2.45, 2.75) is 5.37 Å². The summed E-state index contributed by atoms with van der Waals surface area (Å²) in [6.45, 7) is -0.319. The predicted molar refractivity (Wildman–Crippen MR) is 58.4 cm³/mol. The topological polar surface area (TPSA) is 69.6 Å². The number of carboxylic acids is 1. The highest BCUT2D eigenvalue weighted by molar-refractivity contribution is 7.81. The summed E-state index contributed by atoms with van der Waals surface area (Å²) >= 11 is 4.16. The fourth-order valence-corrected chi connectivity index (χ4v) is 1.45. The Morgan fingerprint density at radius 1 is 1.67 bits per heavy atom. The number of thiol groups is 1. The van der Waals surface area contributed by atoms with Crippen LogP contribution in [0.1, 0.15) is 0 Å². The minimum Gasteiger partial charge on any atom is -0.480 e. The maximum absolute atomic E-state index is 11.7. The molecule has 0 aliphatic carbocycles. The summed E-state index contributed by atoms with van der Waals surface area (Å²) in [5.74, 6) is -1.38. The number of dihydropyridines is 1. The molecule has 1 aliphatic heterocycles. The zero-order chi connectivity index (χ0) is 11.4. The molecule has 0 radical (unpaired) electrons. The third kappa shape index (κ3) is 3.02. The van der Waals surface area contributed by atoms with Crippen LogP contribution >= 0.6 is 12.6 Å². The molecule has 0 saturated heterocycles. The molecule has 1 unspecified atom stereocenters. The molecule has 0 aromatic heterocycles. The van der Waals surface area contributed by atoms with Crippen LogP contribution in [0.3, 0.4) is 0 Å². The fraction of sp³-hybridized carbons (Fsp3) is 0.333. The molecule has 0 bridgehead atoms. The zero-order valence-electron chi connectivity index (χ0n) is 8.17. The van der Waals surface area contributed by atoms with Gasteiger partial charge in [-0.2, -0.15) is 0 Å². The van der Waals surface area contributed by atoms with Gasteiger partial charge in [-0.05, 0) is 18.4 Å². The van der Waals surface area contributed by atoms with Crippen LogP contribution in [0.5, 0.6) is 0 Å². The number of amides is 1. The molecule has 1 rings (SSSR count). The lowest BCUT2D eigenvalue weighted by Crippen LogP contribution is -2.38. The normalized spacial score (nSPS) is 19.1. The molecule has 6 heteroatoms. The quantitative estimate of drug-likeness (QED) is 0.587. The highest BCUT2D eigenvalue weighted by Gasteiger charge is 2.22. The summed E-state index contributed by atoms with van der Waals surface area (Å²) in [6, 6.07) is 0. The van der Waals surface area contributed by atoms with Crippen LogP contribution < -0.4 is 5.32 Å². The maximum Gasteiger partial charge on any atom is 0.323 e. The SMILES string of the molecule is CN(CC(=O)O)C(=O)C1=CC=CNC1S. The summed E-state index contributed by atoms with van der Waals surface area (Å²) in [7, 11) is 1.44. The molecule has 0 aromatic rings. The van der Waals surface area contributed by atoms with E-state index < -0.39 is 11.3 Å². The van der Waals surface area contributed by atoms with Crippen molar-refractivity contribution >= 4 is 24.5 Å². The predicted octanol–water partition coefficient (Wildman–Crippen LogP) is -0.171. The number of rotatable bonds is 3. The van der Waals surface area contributed by atoms with Gasteiger partial charge in [0.25, 0.3) is 5.91 Å². The van der Waals surface area contributed by atoms with Crippen LogP contribution in [0.15, 0.2) is 23.9 Å². The molecule has 2 N–H and O–H groups in total. The van der Waals surface area contributed by atoms with E-state index in [-0.39, 0.29) is 12.5 Å². The minimum atomic E-state index is -1.04. The van der Waals surface area contributed by atoms with Gasteiger partial charge < -0.3 is 15.3 Å². The van der Waals surface area contributed by atoms with E-state index in [1.54, 1.807) is 18.4 Å². The number of carbonyl (C=O) groups excluding carboxylic acids is 1. The van der Waals surface area contributed by atoms with E-state index in [1.165, 1.54) is 7.05 Å². The van der Waals surface area contributed by atoms with Crippen molar-refractivity contribution < 1.29 is 14.7 Å². The van der Waals surface area contributed by atoms with Gasteiger partial charge in [-0.3, -0.25) is 9.59 Å². The number of carboxylic acid groups (broad SMARTS) is 1. The van der Waals surface area contributed by atoms with Crippen molar-refractivity contribution in [3.63, 3.8) is 0 Å². The Hall–Kier alpha value is -1.43. The molecule has 0 saturated carbocycles. The average Bonchev–Trinajstić information content (AvgIpc) is 2.16. The Balaban J connectivity index is 2.71. The smallest absolute Gasteiger partial charge is 0.323 e. The van der Waals surface area contributed by atoms with Crippen molar-refractivity contribution in [1.82, 2.24) is 10.2 Å². The van der Waals surface area contributed by atoms with Gasteiger partial charge in [0.05, 0.1) is 0 Å². The molecule has 1 atom stereocenters. The molecule has 82 valence electrons. The van der Waals surface area contributed by atoms with Crippen molar-refractivity contribution in [3.8, 4) is 0 Å². The number of nitrogens with one attached hydrogen (secondary N) is 1. The van der Waals surface area contributed by atoms with Crippen LogP contribution in [0, 0.1) is 0 Å². The summed E-state index contributed by atoms with van der Waals surface area (Å²) < 4.78 is 0. The van der Waals surface area contributed by atoms with Gasteiger partial charge in [-0.15, -0.1) is 12.6 Å². The summed E-state index contributed by atoms with van der Waals surface area (Å²) in [6.07, 6.45) is 4.97.